The van der Waals surface area contributed by atoms with E-state index in [4.69, 9.17) is 23.8 Å². The monoisotopic (exact) mass is 283 g/mol. The quantitative estimate of drug-likeness (QED) is 0.717. The fourth-order valence-electron chi connectivity index (χ4n) is 1.32. The highest BCUT2D eigenvalue weighted by Gasteiger charge is 2.34. The smallest absolute Gasteiger partial charge is 0.348 e. The largest absolute Gasteiger partial charge is 0.417 e. The van der Waals surface area contributed by atoms with Gasteiger partial charge in [0, 0.05) is 10.6 Å². The maximum Gasteiger partial charge on any atom is 0.417 e. The number of rotatable bonds is 0. The molecule has 1 nitrogen and oxygen atoms in total. The summed E-state index contributed by atoms with van der Waals surface area (Å²) in [5.74, 6) is 0.560. The van der Waals surface area contributed by atoms with Crippen LogP contribution < -0.4 is 5.32 Å². The Kier molecular flexibility index (Phi) is 3.07. The van der Waals surface area contributed by atoms with Gasteiger partial charge in [0.1, 0.15) is 0 Å². The summed E-state index contributed by atoms with van der Waals surface area (Å²) in [6.45, 7) is 0. The molecule has 1 heterocycles. The van der Waals surface area contributed by atoms with E-state index in [1.165, 1.54) is 17.8 Å². The number of hydrogen-bond acceptors (Lipinski definition) is 2. The molecule has 0 aromatic heterocycles. The van der Waals surface area contributed by atoms with Crippen LogP contribution in [0.5, 0.6) is 0 Å². The molecule has 0 amide bonds. The molecule has 16 heavy (non-hydrogen) atoms. The highest BCUT2D eigenvalue weighted by molar-refractivity contribution is 8.01. The second-order valence-corrected chi connectivity index (χ2v) is 5.08. The zero-order chi connectivity index (χ0) is 11.9. The minimum absolute atomic E-state index is 0.284. The Morgan fingerprint density at radius 2 is 2.06 bits per heavy atom. The van der Waals surface area contributed by atoms with Crippen LogP contribution in [0.15, 0.2) is 17.0 Å². The Morgan fingerprint density at radius 1 is 1.38 bits per heavy atom. The van der Waals surface area contributed by atoms with Crippen molar-refractivity contribution in [2.45, 2.75) is 11.1 Å². The van der Waals surface area contributed by atoms with Gasteiger partial charge in [0.15, 0.2) is 0 Å². The van der Waals surface area contributed by atoms with Crippen LogP contribution in [0.2, 0.25) is 5.02 Å². The molecule has 0 fully saturated rings. The van der Waals surface area contributed by atoms with Gasteiger partial charge in [-0.25, -0.2) is 0 Å². The number of anilines is 1. The average Bonchev–Trinajstić information content (AvgIpc) is 2.16. The van der Waals surface area contributed by atoms with E-state index in [0.29, 0.717) is 21.3 Å². The summed E-state index contributed by atoms with van der Waals surface area (Å²) in [6, 6.07) is 2.31. The lowest BCUT2D eigenvalue weighted by atomic mass is 10.2. The number of hydrogen-bond donors (Lipinski definition) is 1. The highest BCUT2D eigenvalue weighted by Crippen LogP contribution is 2.41. The van der Waals surface area contributed by atoms with Gasteiger partial charge >= 0.3 is 6.18 Å². The van der Waals surface area contributed by atoms with Gasteiger partial charge < -0.3 is 5.32 Å². The van der Waals surface area contributed by atoms with Crippen molar-refractivity contribution in [3.05, 3.63) is 22.7 Å². The average molecular weight is 284 g/mol. The van der Waals surface area contributed by atoms with Crippen LogP contribution in [-0.2, 0) is 6.18 Å². The summed E-state index contributed by atoms with van der Waals surface area (Å²) in [5, 5.41) is 2.47. The Morgan fingerprint density at radius 3 is 2.69 bits per heavy atom. The van der Waals surface area contributed by atoms with E-state index in [0.717, 1.165) is 6.07 Å². The molecule has 0 bridgehead atoms. The van der Waals surface area contributed by atoms with E-state index in [9.17, 15) is 13.2 Å². The number of halogens is 4. The van der Waals surface area contributed by atoms with Gasteiger partial charge in [0.05, 0.1) is 21.3 Å². The first-order chi connectivity index (χ1) is 7.38. The first kappa shape index (κ1) is 12.0. The molecule has 0 radical (unpaired) electrons. The summed E-state index contributed by atoms with van der Waals surface area (Å²) >= 11 is 11.9. The van der Waals surface area contributed by atoms with Gasteiger partial charge in [-0.3, -0.25) is 0 Å². The van der Waals surface area contributed by atoms with Gasteiger partial charge in [-0.1, -0.05) is 23.8 Å². The van der Waals surface area contributed by atoms with Crippen molar-refractivity contribution in [1.82, 2.24) is 0 Å². The van der Waals surface area contributed by atoms with E-state index < -0.39 is 11.7 Å². The van der Waals surface area contributed by atoms with Crippen LogP contribution in [-0.4, -0.2) is 10.7 Å². The van der Waals surface area contributed by atoms with Crippen LogP contribution in [0.25, 0.3) is 0 Å². The predicted molar refractivity (Wildman–Crippen MR) is 63.4 cm³/mol. The SMILES string of the molecule is FC(F)(F)c1cc2c(cc1Cl)SCC(=S)N2. The molecule has 1 aliphatic heterocycles. The lowest BCUT2D eigenvalue weighted by Gasteiger charge is -2.20. The zero-order valence-electron chi connectivity index (χ0n) is 7.69. The van der Waals surface area contributed by atoms with Crippen molar-refractivity contribution >= 4 is 46.3 Å². The van der Waals surface area contributed by atoms with Crippen LogP contribution in [0.4, 0.5) is 18.9 Å². The second kappa shape index (κ2) is 4.09. The van der Waals surface area contributed by atoms with Crippen LogP contribution >= 0.6 is 35.6 Å². The van der Waals surface area contributed by atoms with Crippen LogP contribution in [0.1, 0.15) is 5.56 Å². The molecule has 86 valence electrons. The predicted octanol–water partition coefficient (Wildman–Crippen LogP) is 4.20. The number of alkyl halides is 3. The first-order valence-electron chi connectivity index (χ1n) is 4.21. The van der Waals surface area contributed by atoms with E-state index in [-0.39, 0.29) is 5.02 Å². The summed E-state index contributed by atoms with van der Waals surface area (Å²) in [6.07, 6.45) is -4.45. The lowest BCUT2D eigenvalue weighted by molar-refractivity contribution is -0.137. The van der Waals surface area contributed by atoms with Crippen LogP contribution in [0.3, 0.4) is 0 Å². The van der Waals surface area contributed by atoms with Gasteiger partial charge in [0.25, 0.3) is 0 Å². The van der Waals surface area contributed by atoms with Gasteiger partial charge in [0.2, 0.25) is 0 Å². The summed E-state index contributed by atoms with van der Waals surface area (Å²) in [4.78, 5) is 1.21. The number of thiocarbonyl (C=S) groups is 1. The third-order valence-corrected chi connectivity index (χ3v) is 3.83. The molecule has 1 aromatic carbocycles. The molecule has 0 unspecified atom stereocenters. The second-order valence-electron chi connectivity index (χ2n) is 3.16. The van der Waals surface area contributed by atoms with E-state index in [1.807, 2.05) is 0 Å². The minimum Gasteiger partial charge on any atom is -0.348 e. The van der Waals surface area contributed by atoms with Crippen molar-refractivity contribution in [2.75, 3.05) is 11.1 Å². The van der Waals surface area contributed by atoms with Gasteiger partial charge in [-0.15, -0.1) is 11.8 Å². The summed E-state index contributed by atoms with van der Waals surface area (Å²) in [5.41, 5.74) is -0.469. The zero-order valence-corrected chi connectivity index (χ0v) is 10.1. The van der Waals surface area contributed by atoms with Crippen molar-refractivity contribution in [3.63, 3.8) is 0 Å². The Balaban J connectivity index is 2.51. The third kappa shape index (κ3) is 2.28. The lowest BCUT2D eigenvalue weighted by Crippen LogP contribution is -2.18. The third-order valence-electron chi connectivity index (χ3n) is 2.01. The van der Waals surface area contributed by atoms with Crippen molar-refractivity contribution < 1.29 is 13.2 Å². The molecular weight excluding hydrogens is 279 g/mol. The van der Waals surface area contributed by atoms with E-state index in [2.05, 4.69) is 5.32 Å². The van der Waals surface area contributed by atoms with Crippen molar-refractivity contribution in [1.29, 1.82) is 0 Å². The molecule has 2 rings (SSSR count). The topological polar surface area (TPSA) is 12.0 Å². The molecule has 1 N–H and O–H groups in total. The first-order valence-corrected chi connectivity index (χ1v) is 5.98. The molecule has 1 aromatic rings. The van der Waals surface area contributed by atoms with Gasteiger partial charge in [-0.2, -0.15) is 13.2 Å². The van der Waals surface area contributed by atoms with Crippen molar-refractivity contribution in [3.8, 4) is 0 Å². The Bertz CT molecular complexity index is 459. The van der Waals surface area contributed by atoms with Crippen LogP contribution in [0, 0.1) is 0 Å². The van der Waals surface area contributed by atoms with E-state index in [1.54, 1.807) is 0 Å². The molecule has 1 aliphatic rings. The fraction of sp³-hybridized carbons (Fsp3) is 0.222. The highest BCUT2D eigenvalue weighted by atomic mass is 35.5. The summed E-state index contributed by atoms with van der Waals surface area (Å²) in [7, 11) is 0. The van der Waals surface area contributed by atoms with Gasteiger partial charge in [-0.05, 0) is 12.1 Å². The normalized spacial score (nSPS) is 15.6. The molecule has 0 atom stereocenters. The maximum atomic E-state index is 12.6. The van der Waals surface area contributed by atoms with E-state index >= 15 is 0 Å². The molecule has 0 saturated heterocycles. The number of benzene rings is 1. The number of fused-ring (bicyclic) bond motifs is 1. The Labute approximate surface area is 104 Å². The molecule has 0 aliphatic carbocycles. The molecule has 7 heteroatoms. The Hall–Kier alpha value is -0.460. The minimum atomic E-state index is -4.45. The maximum absolute atomic E-state index is 12.6. The number of thioether (sulfide) groups is 1. The molecule has 0 saturated carbocycles. The van der Waals surface area contributed by atoms with Crippen molar-refractivity contribution in [2.24, 2.45) is 0 Å². The number of nitrogens with one attached hydrogen (secondary N) is 1. The summed E-state index contributed by atoms with van der Waals surface area (Å²) < 4.78 is 37.7. The fourth-order valence-corrected chi connectivity index (χ4v) is 2.77. The standard InChI is InChI=1S/C9H5ClF3NS2/c10-5-2-7-6(14-8(15)3-16-7)1-4(5)9(11,12)13/h1-2H,3H2,(H,14,15). The molecular formula is C9H5ClF3NS2. The molecule has 0 spiro atoms.